The summed E-state index contributed by atoms with van der Waals surface area (Å²) in [6, 6.07) is 4.16. The normalized spacial score (nSPS) is 13.3. The molecule has 0 aliphatic heterocycles. The third kappa shape index (κ3) is 5.85. The van der Waals surface area contributed by atoms with Gasteiger partial charge < -0.3 is 9.47 Å². The fraction of sp³-hybridized carbons (Fsp3) is 0.667. The number of hydrogen-bond acceptors (Lipinski definition) is 3. The van der Waals surface area contributed by atoms with Crippen LogP contribution in [0.5, 0.6) is 11.5 Å². The molecule has 1 rings (SSSR count). The molecule has 0 aromatic heterocycles. The zero-order valence-electron chi connectivity index (χ0n) is 16.6. The number of methoxy groups -OCH3 is 1. The fourth-order valence-corrected chi connectivity index (χ4v) is 2.80. The molecule has 0 aliphatic rings. The van der Waals surface area contributed by atoms with Crippen molar-refractivity contribution >= 4 is 6.21 Å². The summed E-state index contributed by atoms with van der Waals surface area (Å²) >= 11 is 0. The van der Waals surface area contributed by atoms with E-state index in [1.54, 1.807) is 14.2 Å². The molecule has 3 heteroatoms. The number of ether oxygens (including phenoxy) is 2. The van der Waals surface area contributed by atoms with Gasteiger partial charge in [0.1, 0.15) is 11.5 Å². The number of aliphatic imine (C=N–C) groups is 1. The lowest BCUT2D eigenvalue weighted by molar-refractivity contribution is 0.232. The Morgan fingerprint density at radius 2 is 1.88 bits per heavy atom. The van der Waals surface area contributed by atoms with Crippen molar-refractivity contribution in [2.24, 2.45) is 10.9 Å². The average Bonchev–Trinajstić information content (AvgIpc) is 2.54. The zero-order valence-corrected chi connectivity index (χ0v) is 16.6. The molecular weight excluding hydrogens is 298 g/mol. The molecule has 0 amide bonds. The molecule has 0 saturated carbocycles. The van der Waals surface area contributed by atoms with Crippen molar-refractivity contribution in [1.29, 1.82) is 0 Å². The van der Waals surface area contributed by atoms with E-state index in [4.69, 9.17) is 9.47 Å². The molecule has 0 bridgehead atoms. The van der Waals surface area contributed by atoms with Crippen LogP contribution in [0.3, 0.4) is 0 Å². The van der Waals surface area contributed by atoms with Crippen LogP contribution in [0.4, 0.5) is 0 Å². The maximum Gasteiger partial charge on any atom is 0.128 e. The van der Waals surface area contributed by atoms with Crippen LogP contribution in [0.25, 0.3) is 0 Å². The van der Waals surface area contributed by atoms with Crippen molar-refractivity contribution in [2.75, 3.05) is 20.8 Å². The van der Waals surface area contributed by atoms with Crippen molar-refractivity contribution < 1.29 is 9.47 Å². The highest BCUT2D eigenvalue weighted by Crippen LogP contribution is 2.36. The molecule has 0 saturated heterocycles. The SMILES string of the molecule is CCCCC(CC)COc1cc(C(C)(C)C)c(OC)cc1C=NC. The lowest BCUT2D eigenvalue weighted by Gasteiger charge is -2.24. The Balaban J connectivity index is 3.10. The average molecular weight is 334 g/mol. The largest absolute Gasteiger partial charge is 0.496 e. The number of hydrogen-bond donors (Lipinski definition) is 0. The van der Waals surface area contributed by atoms with E-state index < -0.39 is 0 Å². The van der Waals surface area contributed by atoms with Crippen molar-refractivity contribution in [3.05, 3.63) is 23.3 Å². The van der Waals surface area contributed by atoms with E-state index in [-0.39, 0.29) is 5.41 Å². The van der Waals surface area contributed by atoms with Gasteiger partial charge in [-0.2, -0.15) is 0 Å². The molecule has 0 aliphatic carbocycles. The smallest absolute Gasteiger partial charge is 0.128 e. The Morgan fingerprint density at radius 1 is 1.17 bits per heavy atom. The van der Waals surface area contributed by atoms with Crippen LogP contribution in [0, 0.1) is 5.92 Å². The molecule has 1 atom stereocenters. The van der Waals surface area contributed by atoms with E-state index in [1.165, 1.54) is 19.3 Å². The molecule has 3 nitrogen and oxygen atoms in total. The van der Waals surface area contributed by atoms with Gasteiger partial charge in [0.05, 0.1) is 13.7 Å². The summed E-state index contributed by atoms with van der Waals surface area (Å²) in [5.74, 6) is 2.40. The fourth-order valence-electron chi connectivity index (χ4n) is 2.80. The van der Waals surface area contributed by atoms with E-state index in [0.717, 1.165) is 35.7 Å². The summed E-state index contributed by atoms with van der Waals surface area (Å²) < 4.78 is 11.8. The third-order valence-corrected chi connectivity index (χ3v) is 4.43. The Hall–Kier alpha value is -1.51. The summed E-state index contributed by atoms with van der Waals surface area (Å²) in [7, 11) is 3.50. The molecule has 0 N–H and O–H groups in total. The quantitative estimate of drug-likeness (QED) is 0.548. The molecule has 136 valence electrons. The monoisotopic (exact) mass is 333 g/mol. The van der Waals surface area contributed by atoms with Crippen LogP contribution < -0.4 is 9.47 Å². The summed E-state index contributed by atoms with van der Waals surface area (Å²) in [5, 5.41) is 0. The lowest BCUT2D eigenvalue weighted by atomic mass is 9.85. The summed E-state index contributed by atoms with van der Waals surface area (Å²) in [6.07, 6.45) is 6.73. The van der Waals surface area contributed by atoms with Gasteiger partial charge in [-0.25, -0.2) is 0 Å². The predicted molar refractivity (Wildman–Crippen MR) is 104 cm³/mol. The number of rotatable bonds is 9. The van der Waals surface area contributed by atoms with Gasteiger partial charge in [0.25, 0.3) is 0 Å². The minimum absolute atomic E-state index is 0.00227. The highest BCUT2D eigenvalue weighted by Gasteiger charge is 2.22. The molecule has 0 spiro atoms. The van der Waals surface area contributed by atoms with Gasteiger partial charge in [-0.1, -0.05) is 53.9 Å². The summed E-state index contributed by atoms with van der Waals surface area (Å²) in [6.45, 7) is 11.8. The van der Waals surface area contributed by atoms with E-state index in [1.807, 2.05) is 12.3 Å². The van der Waals surface area contributed by atoms with E-state index in [0.29, 0.717) is 5.92 Å². The number of nitrogens with zero attached hydrogens (tertiary/aromatic N) is 1. The first kappa shape index (κ1) is 20.5. The first-order chi connectivity index (χ1) is 11.4. The third-order valence-electron chi connectivity index (χ3n) is 4.43. The van der Waals surface area contributed by atoms with Crippen molar-refractivity contribution in [2.45, 2.75) is 65.7 Å². The van der Waals surface area contributed by atoms with Gasteiger partial charge in [0, 0.05) is 24.4 Å². The van der Waals surface area contributed by atoms with Gasteiger partial charge >= 0.3 is 0 Å². The Bertz CT molecular complexity index is 529. The Morgan fingerprint density at radius 3 is 2.38 bits per heavy atom. The van der Waals surface area contributed by atoms with Gasteiger partial charge in [0.2, 0.25) is 0 Å². The summed E-state index contributed by atoms with van der Waals surface area (Å²) in [5.41, 5.74) is 2.14. The van der Waals surface area contributed by atoms with Gasteiger partial charge in [-0.3, -0.25) is 4.99 Å². The van der Waals surface area contributed by atoms with Crippen LogP contribution in [0.1, 0.15) is 71.4 Å². The predicted octanol–water partition coefficient (Wildman–Crippen LogP) is 5.64. The maximum absolute atomic E-state index is 6.23. The van der Waals surface area contributed by atoms with Gasteiger partial charge in [-0.15, -0.1) is 0 Å². The standard InChI is InChI=1S/C21H35NO2/c1-8-10-11-16(9-2)15-24-19-13-18(21(3,4)5)20(23-7)12-17(19)14-22-6/h12-14,16H,8-11,15H2,1-7H3. The first-order valence-corrected chi connectivity index (χ1v) is 9.14. The molecule has 1 aromatic carbocycles. The highest BCUT2D eigenvalue weighted by atomic mass is 16.5. The molecule has 0 fully saturated rings. The second-order valence-electron chi connectivity index (χ2n) is 7.46. The van der Waals surface area contributed by atoms with E-state index in [2.05, 4.69) is 45.7 Å². The molecule has 24 heavy (non-hydrogen) atoms. The second kappa shape index (κ2) is 9.71. The molecule has 1 unspecified atom stereocenters. The van der Waals surface area contributed by atoms with Crippen molar-refractivity contribution in [1.82, 2.24) is 0 Å². The number of unbranched alkanes of at least 4 members (excludes halogenated alkanes) is 1. The molecule has 1 aromatic rings. The van der Waals surface area contributed by atoms with Gasteiger partial charge in [0.15, 0.2) is 0 Å². The van der Waals surface area contributed by atoms with Crippen molar-refractivity contribution in [3.63, 3.8) is 0 Å². The van der Waals surface area contributed by atoms with Crippen LogP contribution in [0.15, 0.2) is 17.1 Å². The zero-order chi connectivity index (χ0) is 18.2. The van der Waals surface area contributed by atoms with E-state index >= 15 is 0 Å². The lowest BCUT2D eigenvalue weighted by Crippen LogP contribution is -2.16. The van der Waals surface area contributed by atoms with Crippen LogP contribution in [0.2, 0.25) is 0 Å². The minimum atomic E-state index is -0.00227. The summed E-state index contributed by atoms with van der Waals surface area (Å²) in [4.78, 5) is 4.17. The van der Waals surface area contributed by atoms with E-state index in [9.17, 15) is 0 Å². The Kier molecular flexibility index (Phi) is 8.30. The van der Waals surface area contributed by atoms with Crippen molar-refractivity contribution in [3.8, 4) is 11.5 Å². The molecule has 0 heterocycles. The highest BCUT2D eigenvalue weighted by molar-refractivity contribution is 5.84. The van der Waals surface area contributed by atoms with Crippen LogP contribution >= 0.6 is 0 Å². The minimum Gasteiger partial charge on any atom is -0.496 e. The van der Waals surface area contributed by atoms with Crippen LogP contribution in [-0.4, -0.2) is 27.0 Å². The Labute approximate surface area is 148 Å². The topological polar surface area (TPSA) is 30.8 Å². The first-order valence-electron chi connectivity index (χ1n) is 9.14. The maximum atomic E-state index is 6.23. The molecule has 0 radical (unpaired) electrons. The number of benzene rings is 1. The second-order valence-corrected chi connectivity index (χ2v) is 7.46. The van der Waals surface area contributed by atoms with Gasteiger partial charge in [-0.05, 0) is 29.9 Å². The molecular formula is C21H35NO2. The van der Waals surface area contributed by atoms with Crippen LogP contribution in [-0.2, 0) is 5.41 Å².